The molecule has 6 nitrogen and oxygen atoms in total. The van der Waals surface area contributed by atoms with Crippen molar-refractivity contribution in [2.45, 2.75) is 33.6 Å². The van der Waals surface area contributed by atoms with Crippen molar-refractivity contribution in [3.05, 3.63) is 16.1 Å². The number of aliphatic imine (C=N–C) groups is 1. The van der Waals surface area contributed by atoms with Gasteiger partial charge in [-0.25, -0.2) is 13.4 Å². The van der Waals surface area contributed by atoms with Gasteiger partial charge in [-0.1, -0.05) is 13.8 Å². The molecule has 1 heterocycles. The lowest BCUT2D eigenvalue weighted by Gasteiger charge is -2.10. The molecule has 0 amide bonds. The first-order chi connectivity index (χ1) is 10.5. The van der Waals surface area contributed by atoms with Crippen molar-refractivity contribution in [2.75, 3.05) is 31.1 Å². The molecule has 0 spiro atoms. The van der Waals surface area contributed by atoms with Gasteiger partial charge in [0.1, 0.15) is 0 Å². The smallest absolute Gasteiger partial charge is 0.191 e. The fourth-order valence-electron chi connectivity index (χ4n) is 1.70. The minimum absolute atomic E-state index is 0. The van der Waals surface area contributed by atoms with Crippen LogP contribution < -0.4 is 10.6 Å². The first kappa shape index (κ1) is 22.6. The van der Waals surface area contributed by atoms with E-state index in [4.69, 9.17) is 0 Å². The molecular formula is C14H27IN4O2S2. The summed E-state index contributed by atoms with van der Waals surface area (Å²) < 4.78 is 22.9. The summed E-state index contributed by atoms with van der Waals surface area (Å²) in [6.45, 7) is 7.50. The van der Waals surface area contributed by atoms with E-state index in [2.05, 4.69) is 27.5 Å². The molecular weight excluding hydrogens is 447 g/mol. The van der Waals surface area contributed by atoms with E-state index in [1.165, 1.54) is 4.88 Å². The number of halogens is 1. The van der Waals surface area contributed by atoms with Gasteiger partial charge in [-0.15, -0.1) is 35.3 Å². The van der Waals surface area contributed by atoms with Crippen LogP contribution in [0.4, 0.5) is 0 Å². The average Bonchev–Trinajstić information content (AvgIpc) is 2.95. The fraction of sp³-hybridized carbons (Fsp3) is 0.714. The second-order valence-electron chi connectivity index (χ2n) is 4.75. The Bertz CT molecular complexity index is 573. The number of rotatable bonds is 9. The number of guanidine groups is 1. The van der Waals surface area contributed by atoms with Gasteiger partial charge in [-0.2, -0.15) is 0 Å². The van der Waals surface area contributed by atoms with Crippen molar-refractivity contribution in [2.24, 2.45) is 4.99 Å². The first-order valence-corrected chi connectivity index (χ1v) is 10.3. The highest BCUT2D eigenvalue weighted by atomic mass is 127. The van der Waals surface area contributed by atoms with Crippen LogP contribution in [0.25, 0.3) is 0 Å². The van der Waals surface area contributed by atoms with Crippen molar-refractivity contribution in [1.82, 2.24) is 15.6 Å². The number of hydrogen-bond donors (Lipinski definition) is 2. The van der Waals surface area contributed by atoms with Crippen LogP contribution in [0.1, 0.15) is 30.7 Å². The number of nitrogens with one attached hydrogen (secondary N) is 2. The van der Waals surface area contributed by atoms with Crippen molar-refractivity contribution in [3.63, 3.8) is 0 Å². The number of aromatic nitrogens is 1. The molecule has 0 radical (unpaired) electrons. The van der Waals surface area contributed by atoms with Gasteiger partial charge in [0.05, 0.1) is 17.3 Å². The van der Waals surface area contributed by atoms with E-state index in [1.807, 2.05) is 13.1 Å². The maximum absolute atomic E-state index is 11.5. The van der Waals surface area contributed by atoms with Crippen molar-refractivity contribution in [1.29, 1.82) is 0 Å². The van der Waals surface area contributed by atoms with Gasteiger partial charge >= 0.3 is 0 Å². The van der Waals surface area contributed by atoms with E-state index < -0.39 is 9.84 Å². The van der Waals surface area contributed by atoms with Crippen LogP contribution >= 0.6 is 35.3 Å². The van der Waals surface area contributed by atoms with Crippen molar-refractivity contribution in [3.8, 4) is 0 Å². The highest BCUT2D eigenvalue weighted by Crippen LogP contribution is 2.13. The lowest BCUT2D eigenvalue weighted by atomic mass is 10.4. The van der Waals surface area contributed by atoms with Gasteiger partial charge in [-0.05, 0) is 13.3 Å². The number of nitrogens with zero attached hydrogens (tertiary/aromatic N) is 2. The molecule has 0 unspecified atom stereocenters. The molecule has 0 aliphatic heterocycles. The molecule has 2 N–H and O–H groups in total. The quantitative estimate of drug-likeness (QED) is 0.324. The standard InChI is InChI=1S/C14H26N4O2S2.HI/c1-4-12-11-18-13(21-12)7-8-16-14(15-5-2)17-9-10-22(19,20)6-3;/h11H,4-10H2,1-3H3,(H2,15,16,17);1H. The van der Waals surface area contributed by atoms with Gasteiger partial charge in [0, 0.05) is 36.3 Å². The molecule has 23 heavy (non-hydrogen) atoms. The Kier molecular flexibility index (Phi) is 11.8. The van der Waals surface area contributed by atoms with Gasteiger partial charge in [0.15, 0.2) is 15.8 Å². The molecule has 0 atom stereocenters. The van der Waals surface area contributed by atoms with Gasteiger partial charge in [0.2, 0.25) is 0 Å². The van der Waals surface area contributed by atoms with E-state index in [1.54, 1.807) is 18.3 Å². The third-order valence-electron chi connectivity index (χ3n) is 3.04. The maximum Gasteiger partial charge on any atom is 0.191 e. The molecule has 1 aromatic rings. The molecule has 0 aromatic carbocycles. The van der Waals surface area contributed by atoms with E-state index in [0.717, 1.165) is 30.9 Å². The number of hydrogen-bond acceptors (Lipinski definition) is 5. The third kappa shape index (κ3) is 9.46. The summed E-state index contributed by atoms with van der Waals surface area (Å²) >= 11 is 1.73. The second kappa shape index (κ2) is 12.0. The lowest BCUT2D eigenvalue weighted by molar-refractivity contribution is 0.597. The summed E-state index contributed by atoms with van der Waals surface area (Å²) in [5.41, 5.74) is 0. The summed E-state index contributed by atoms with van der Waals surface area (Å²) in [6, 6.07) is 0. The fourth-order valence-corrected chi connectivity index (χ4v) is 3.22. The van der Waals surface area contributed by atoms with Crippen LogP contribution in [0, 0.1) is 0 Å². The Balaban J connectivity index is 0.00000484. The second-order valence-corrected chi connectivity index (χ2v) is 8.42. The monoisotopic (exact) mass is 474 g/mol. The molecule has 9 heteroatoms. The number of sulfone groups is 1. The Morgan fingerprint density at radius 3 is 2.61 bits per heavy atom. The summed E-state index contributed by atoms with van der Waals surface area (Å²) in [7, 11) is -2.96. The Labute approximate surface area is 160 Å². The zero-order chi connectivity index (χ0) is 16.4. The molecule has 0 bridgehead atoms. The van der Waals surface area contributed by atoms with Crippen LogP contribution in [-0.2, 0) is 22.7 Å². The molecule has 0 aliphatic rings. The highest BCUT2D eigenvalue weighted by Gasteiger charge is 2.07. The van der Waals surface area contributed by atoms with Crippen molar-refractivity contribution < 1.29 is 8.42 Å². The number of aryl methyl sites for hydroxylation is 1. The normalized spacial score (nSPS) is 11.9. The molecule has 0 saturated heterocycles. The average molecular weight is 474 g/mol. The predicted octanol–water partition coefficient (Wildman–Crippen LogP) is 1.86. The van der Waals surface area contributed by atoms with Gasteiger partial charge < -0.3 is 10.6 Å². The Morgan fingerprint density at radius 2 is 2.04 bits per heavy atom. The molecule has 0 saturated carbocycles. The van der Waals surface area contributed by atoms with Crippen LogP contribution in [0.3, 0.4) is 0 Å². The summed E-state index contributed by atoms with van der Waals surface area (Å²) in [5.74, 6) is 0.906. The third-order valence-corrected chi connectivity index (χ3v) is 5.92. The molecule has 1 rings (SSSR count). The largest absolute Gasteiger partial charge is 0.357 e. The topological polar surface area (TPSA) is 83.5 Å². The molecule has 0 aliphatic carbocycles. The zero-order valence-corrected chi connectivity index (χ0v) is 17.9. The zero-order valence-electron chi connectivity index (χ0n) is 14.0. The highest BCUT2D eigenvalue weighted by molar-refractivity contribution is 14.0. The minimum Gasteiger partial charge on any atom is -0.357 e. The van der Waals surface area contributed by atoms with E-state index in [9.17, 15) is 8.42 Å². The van der Waals surface area contributed by atoms with Crippen LogP contribution in [0.2, 0.25) is 0 Å². The first-order valence-electron chi connectivity index (χ1n) is 7.66. The van der Waals surface area contributed by atoms with E-state index >= 15 is 0 Å². The van der Waals surface area contributed by atoms with Crippen LogP contribution in [-0.4, -0.2) is 50.5 Å². The summed E-state index contributed by atoms with van der Waals surface area (Å²) in [4.78, 5) is 9.96. The molecule has 1 aromatic heterocycles. The number of thiazole rings is 1. The van der Waals surface area contributed by atoms with Gasteiger partial charge in [0.25, 0.3) is 0 Å². The Morgan fingerprint density at radius 1 is 1.30 bits per heavy atom. The minimum atomic E-state index is -2.96. The van der Waals surface area contributed by atoms with Gasteiger partial charge in [-0.3, -0.25) is 4.99 Å². The van der Waals surface area contributed by atoms with E-state index in [-0.39, 0.29) is 42.0 Å². The van der Waals surface area contributed by atoms with Crippen LogP contribution in [0.5, 0.6) is 0 Å². The molecule has 134 valence electrons. The predicted molar refractivity (Wildman–Crippen MR) is 109 cm³/mol. The lowest BCUT2D eigenvalue weighted by Crippen LogP contribution is -2.38. The maximum atomic E-state index is 11.5. The summed E-state index contributed by atoms with van der Waals surface area (Å²) in [5, 5.41) is 7.43. The molecule has 0 fully saturated rings. The Hall–Kier alpha value is -0.420. The SMILES string of the molecule is CCNC(=NCCS(=O)(=O)CC)NCCc1ncc(CC)s1.I. The van der Waals surface area contributed by atoms with E-state index in [0.29, 0.717) is 5.96 Å². The van der Waals surface area contributed by atoms with Crippen molar-refractivity contribution >= 4 is 51.1 Å². The van der Waals surface area contributed by atoms with Crippen LogP contribution in [0.15, 0.2) is 11.2 Å². The summed E-state index contributed by atoms with van der Waals surface area (Å²) in [6.07, 6.45) is 3.78.